The van der Waals surface area contributed by atoms with E-state index >= 15 is 0 Å². The lowest BCUT2D eigenvalue weighted by molar-refractivity contribution is -0.139. The van der Waals surface area contributed by atoms with E-state index in [4.69, 9.17) is 0 Å². The van der Waals surface area contributed by atoms with Crippen molar-refractivity contribution in [2.45, 2.75) is 17.6 Å². The number of anilines is 1. The molecule has 2 rings (SSSR count). The van der Waals surface area contributed by atoms with Crippen LogP contribution >= 0.6 is 22.7 Å². The first kappa shape index (κ1) is 14.9. The minimum Gasteiger partial charge on any atom is -0.469 e. The maximum Gasteiger partial charge on any atom is 0.311 e. The molecule has 9 heteroatoms. The molecule has 108 valence electrons. The smallest absolute Gasteiger partial charge is 0.311 e. The number of rotatable bonds is 5. The van der Waals surface area contributed by atoms with Crippen molar-refractivity contribution in [3.8, 4) is 0 Å². The first-order valence-corrected chi connectivity index (χ1v) is 8.69. The average molecular weight is 332 g/mol. The molecule has 0 saturated heterocycles. The van der Waals surface area contributed by atoms with Crippen LogP contribution in [0, 0.1) is 6.92 Å². The van der Waals surface area contributed by atoms with E-state index in [-0.39, 0.29) is 15.8 Å². The molecule has 0 aliphatic carbocycles. The van der Waals surface area contributed by atoms with Crippen molar-refractivity contribution in [2.24, 2.45) is 0 Å². The molecular weight excluding hydrogens is 320 g/mol. The molecule has 0 radical (unpaired) electrons. The van der Waals surface area contributed by atoms with Gasteiger partial charge < -0.3 is 4.74 Å². The summed E-state index contributed by atoms with van der Waals surface area (Å²) in [6, 6.07) is 3.29. The average Bonchev–Trinajstić information content (AvgIpc) is 2.98. The molecule has 0 spiro atoms. The Morgan fingerprint density at radius 1 is 1.45 bits per heavy atom. The van der Waals surface area contributed by atoms with Gasteiger partial charge in [0.2, 0.25) is 0 Å². The van der Waals surface area contributed by atoms with E-state index in [1.165, 1.54) is 18.4 Å². The van der Waals surface area contributed by atoms with Gasteiger partial charge >= 0.3 is 5.97 Å². The Hall–Kier alpha value is -1.45. The SMILES string of the molecule is COC(=O)Cc1csc(NS(=O)(=O)c2ccc(C)s2)n1. The standard InChI is InChI=1S/C11H12N2O4S3/c1-7-3-4-10(19-7)20(15,16)13-11-12-8(6-18-11)5-9(14)17-2/h3-4,6H,5H2,1-2H3,(H,12,13). The van der Waals surface area contributed by atoms with E-state index in [2.05, 4.69) is 14.4 Å². The van der Waals surface area contributed by atoms with Crippen LogP contribution in [-0.2, 0) is 26.0 Å². The summed E-state index contributed by atoms with van der Waals surface area (Å²) in [5, 5.41) is 1.85. The molecule has 0 saturated carbocycles. The maximum absolute atomic E-state index is 12.1. The Morgan fingerprint density at radius 3 is 2.80 bits per heavy atom. The summed E-state index contributed by atoms with van der Waals surface area (Å²) in [4.78, 5) is 16.1. The molecule has 1 N–H and O–H groups in total. The summed E-state index contributed by atoms with van der Waals surface area (Å²) in [5.41, 5.74) is 0.474. The summed E-state index contributed by atoms with van der Waals surface area (Å²) in [5.74, 6) is -0.418. The van der Waals surface area contributed by atoms with Crippen LogP contribution in [0.15, 0.2) is 21.7 Å². The number of esters is 1. The zero-order chi connectivity index (χ0) is 14.8. The molecule has 0 aliphatic heterocycles. The first-order chi connectivity index (χ1) is 9.40. The van der Waals surface area contributed by atoms with Crippen LogP contribution in [0.4, 0.5) is 5.13 Å². The minimum atomic E-state index is -3.61. The highest BCUT2D eigenvalue weighted by atomic mass is 32.2. The fourth-order valence-corrected chi connectivity index (χ4v) is 4.62. The third-order valence-corrected chi connectivity index (χ3v) is 6.07. The molecule has 0 fully saturated rings. The quantitative estimate of drug-likeness (QED) is 0.847. The molecule has 0 aromatic carbocycles. The van der Waals surface area contributed by atoms with Gasteiger partial charge in [-0.05, 0) is 19.1 Å². The van der Waals surface area contributed by atoms with Crippen molar-refractivity contribution < 1.29 is 17.9 Å². The number of hydrogen-bond donors (Lipinski definition) is 1. The molecule has 2 heterocycles. The van der Waals surface area contributed by atoms with Gasteiger partial charge in [0.15, 0.2) is 5.13 Å². The van der Waals surface area contributed by atoms with Gasteiger partial charge in [-0.15, -0.1) is 22.7 Å². The number of sulfonamides is 1. The highest BCUT2D eigenvalue weighted by Gasteiger charge is 2.18. The number of methoxy groups -OCH3 is 1. The highest BCUT2D eigenvalue weighted by molar-refractivity contribution is 7.94. The summed E-state index contributed by atoms with van der Waals surface area (Å²) in [6.07, 6.45) is 0.0207. The lowest BCUT2D eigenvalue weighted by atomic mass is 10.3. The van der Waals surface area contributed by atoms with Crippen molar-refractivity contribution in [3.05, 3.63) is 28.1 Å². The van der Waals surface area contributed by atoms with Gasteiger partial charge in [-0.25, -0.2) is 13.4 Å². The van der Waals surface area contributed by atoms with Crippen LogP contribution in [-0.4, -0.2) is 26.5 Å². The van der Waals surface area contributed by atoms with Crippen molar-refractivity contribution in [1.29, 1.82) is 0 Å². The number of hydrogen-bond acceptors (Lipinski definition) is 7. The van der Waals surface area contributed by atoms with Crippen molar-refractivity contribution >= 4 is 43.8 Å². The normalized spacial score (nSPS) is 11.3. The summed E-state index contributed by atoms with van der Waals surface area (Å²) in [7, 11) is -2.32. The third-order valence-electron chi connectivity index (χ3n) is 2.31. The number of nitrogens with zero attached hydrogens (tertiary/aromatic N) is 1. The molecule has 0 bridgehead atoms. The predicted octanol–water partition coefficient (Wildman–Crippen LogP) is 2.03. The molecule has 0 amide bonds. The van der Waals surface area contributed by atoms with Crippen LogP contribution in [0.1, 0.15) is 10.6 Å². The zero-order valence-electron chi connectivity index (χ0n) is 10.7. The van der Waals surface area contributed by atoms with Crippen LogP contribution < -0.4 is 4.72 Å². The van der Waals surface area contributed by atoms with Gasteiger partial charge in [0.25, 0.3) is 10.0 Å². The summed E-state index contributed by atoms with van der Waals surface area (Å²) < 4.78 is 31.3. The van der Waals surface area contributed by atoms with E-state index in [0.717, 1.165) is 16.2 Å². The van der Waals surface area contributed by atoms with Crippen LogP contribution in [0.25, 0.3) is 0 Å². The Bertz CT molecular complexity index is 718. The van der Waals surface area contributed by atoms with E-state index in [0.29, 0.717) is 5.69 Å². The lowest BCUT2D eigenvalue weighted by Crippen LogP contribution is -2.11. The van der Waals surface area contributed by atoms with Gasteiger partial charge in [0.05, 0.1) is 19.2 Å². The predicted molar refractivity (Wildman–Crippen MR) is 77.7 cm³/mol. The Morgan fingerprint density at radius 2 is 2.20 bits per heavy atom. The lowest BCUT2D eigenvalue weighted by Gasteiger charge is -2.01. The van der Waals surface area contributed by atoms with Crippen molar-refractivity contribution in [2.75, 3.05) is 11.8 Å². The Balaban J connectivity index is 2.12. The fraction of sp³-hybridized carbons (Fsp3) is 0.273. The molecule has 6 nitrogen and oxygen atoms in total. The van der Waals surface area contributed by atoms with Crippen molar-refractivity contribution in [1.82, 2.24) is 4.98 Å². The molecule has 0 unspecified atom stereocenters. The number of ether oxygens (including phenoxy) is 1. The van der Waals surface area contributed by atoms with E-state index in [1.54, 1.807) is 17.5 Å². The van der Waals surface area contributed by atoms with Gasteiger partial charge in [0, 0.05) is 10.3 Å². The fourth-order valence-electron chi connectivity index (χ4n) is 1.38. The number of thiophene rings is 1. The van der Waals surface area contributed by atoms with Gasteiger partial charge in [-0.3, -0.25) is 9.52 Å². The highest BCUT2D eigenvalue weighted by Crippen LogP contribution is 2.25. The number of carbonyl (C=O) groups excluding carboxylic acids is 1. The maximum atomic E-state index is 12.1. The molecule has 0 aliphatic rings. The largest absolute Gasteiger partial charge is 0.469 e. The van der Waals surface area contributed by atoms with E-state index in [1.807, 2.05) is 6.92 Å². The minimum absolute atomic E-state index is 0.0207. The number of thiazole rings is 1. The van der Waals surface area contributed by atoms with E-state index < -0.39 is 16.0 Å². The van der Waals surface area contributed by atoms with Crippen LogP contribution in [0.2, 0.25) is 0 Å². The summed E-state index contributed by atoms with van der Waals surface area (Å²) in [6.45, 7) is 1.83. The second-order valence-corrected chi connectivity index (χ2v) is 7.92. The Kier molecular flexibility index (Phi) is 4.41. The van der Waals surface area contributed by atoms with Crippen molar-refractivity contribution in [3.63, 3.8) is 0 Å². The zero-order valence-corrected chi connectivity index (χ0v) is 13.2. The molecule has 2 aromatic heterocycles. The van der Waals surface area contributed by atoms with Crippen LogP contribution in [0.5, 0.6) is 0 Å². The monoisotopic (exact) mass is 332 g/mol. The molecule has 20 heavy (non-hydrogen) atoms. The first-order valence-electron chi connectivity index (χ1n) is 5.51. The number of aromatic nitrogens is 1. The van der Waals surface area contributed by atoms with Crippen LogP contribution in [0.3, 0.4) is 0 Å². The number of aryl methyl sites for hydroxylation is 1. The Labute approximate surface area is 124 Å². The van der Waals surface area contributed by atoms with Gasteiger partial charge in [-0.1, -0.05) is 0 Å². The van der Waals surface area contributed by atoms with Gasteiger partial charge in [0.1, 0.15) is 4.21 Å². The summed E-state index contributed by atoms with van der Waals surface area (Å²) >= 11 is 2.31. The number of nitrogens with one attached hydrogen (secondary N) is 1. The second-order valence-electron chi connectivity index (χ2n) is 3.87. The van der Waals surface area contributed by atoms with E-state index in [9.17, 15) is 13.2 Å². The second kappa shape index (κ2) is 5.90. The molecule has 0 atom stereocenters. The van der Waals surface area contributed by atoms with Gasteiger partial charge in [-0.2, -0.15) is 0 Å². The number of carbonyl (C=O) groups is 1. The molecule has 2 aromatic rings. The third kappa shape index (κ3) is 3.56. The topological polar surface area (TPSA) is 85.4 Å². The molecular formula is C11H12N2O4S3.